The summed E-state index contributed by atoms with van der Waals surface area (Å²) in [6, 6.07) is 1.34. The zero-order valence-electron chi connectivity index (χ0n) is 6.96. The van der Waals surface area contributed by atoms with Crippen molar-refractivity contribution in [2.45, 2.75) is 5.38 Å². The molecule has 0 aliphatic carbocycles. The molecule has 80 valence electrons. The lowest BCUT2D eigenvalue weighted by atomic mass is 10.4. The average molecular weight is 254 g/mol. The Hall–Kier alpha value is -1.14. The van der Waals surface area contributed by atoms with Crippen LogP contribution in [0, 0.1) is 0 Å². The van der Waals surface area contributed by atoms with E-state index in [1.807, 2.05) is 0 Å². The van der Waals surface area contributed by atoms with Gasteiger partial charge in [0.05, 0.1) is 5.02 Å². The summed E-state index contributed by atoms with van der Waals surface area (Å²) in [5, 5.41) is 5.65. The monoisotopic (exact) mass is 253 g/mol. The fourth-order valence-corrected chi connectivity index (χ4v) is 1.48. The van der Waals surface area contributed by atoms with Gasteiger partial charge >= 0.3 is 5.38 Å². The lowest BCUT2D eigenvalue weighted by Crippen LogP contribution is -2.11. The smallest absolute Gasteiger partial charge is 0.383 e. The molecule has 0 aliphatic heterocycles. The lowest BCUT2D eigenvalue weighted by molar-refractivity contribution is 0.0530. The number of halogens is 4. The number of imidazole rings is 1. The molecule has 2 rings (SSSR count). The first-order valence-electron chi connectivity index (χ1n) is 3.70. The molecule has 0 unspecified atom stereocenters. The number of pyridine rings is 1. The number of hydrogen-bond acceptors (Lipinski definition) is 3. The lowest BCUT2D eigenvalue weighted by Gasteiger charge is -2.05. The molecule has 2 aromatic rings. The van der Waals surface area contributed by atoms with Crippen molar-refractivity contribution in [1.29, 1.82) is 0 Å². The average Bonchev–Trinajstić information content (AvgIpc) is 2.44. The summed E-state index contributed by atoms with van der Waals surface area (Å²) in [6.45, 7) is 0. The first-order valence-corrected chi connectivity index (χ1v) is 4.46. The van der Waals surface area contributed by atoms with Crippen LogP contribution in [0.15, 0.2) is 12.3 Å². The van der Waals surface area contributed by atoms with Crippen LogP contribution >= 0.6 is 23.2 Å². The highest BCUT2D eigenvalue weighted by molar-refractivity contribution is 6.34. The van der Waals surface area contributed by atoms with Crippen molar-refractivity contribution in [3.63, 3.8) is 0 Å². The maximum absolute atomic E-state index is 12.7. The molecule has 2 aromatic heterocycles. The van der Waals surface area contributed by atoms with Gasteiger partial charge in [-0.2, -0.15) is 13.5 Å². The zero-order valence-corrected chi connectivity index (χ0v) is 8.47. The van der Waals surface area contributed by atoms with Crippen molar-refractivity contribution in [1.82, 2.24) is 14.7 Å². The van der Waals surface area contributed by atoms with Crippen molar-refractivity contribution in [3.8, 4) is 0 Å². The van der Waals surface area contributed by atoms with Crippen LogP contribution in [0.5, 0.6) is 0 Å². The summed E-state index contributed by atoms with van der Waals surface area (Å²) in [4.78, 5) is 7.05. The van der Waals surface area contributed by atoms with Gasteiger partial charge in [0.15, 0.2) is 5.65 Å². The minimum atomic E-state index is -3.78. The predicted octanol–water partition coefficient (Wildman–Crippen LogP) is 2.61. The third-order valence-electron chi connectivity index (χ3n) is 1.73. The highest BCUT2D eigenvalue weighted by Crippen LogP contribution is 2.34. The molecule has 8 heteroatoms. The Morgan fingerprint density at radius 3 is 2.67 bits per heavy atom. The molecule has 2 heterocycles. The third kappa shape index (κ3) is 1.59. The van der Waals surface area contributed by atoms with E-state index in [0.29, 0.717) is 0 Å². The van der Waals surface area contributed by atoms with Crippen molar-refractivity contribution in [2.75, 3.05) is 0 Å². The van der Waals surface area contributed by atoms with E-state index in [0.717, 1.165) is 0 Å². The number of fused-ring (bicyclic) bond motifs is 1. The van der Waals surface area contributed by atoms with E-state index < -0.39 is 11.2 Å². The van der Waals surface area contributed by atoms with Crippen molar-refractivity contribution in [3.05, 3.63) is 23.1 Å². The van der Waals surface area contributed by atoms with E-state index in [4.69, 9.17) is 23.2 Å². The standard InChI is InChI=1S/C7H3Cl2F2N3O/c8-3-1-2-12-5-4(3)14(15)6(13-5)7(9,10)11/h1-2,15H. The highest BCUT2D eigenvalue weighted by Gasteiger charge is 2.36. The van der Waals surface area contributed by atoms with Gasteiger partial charge in [0, 0.05) is 6.20 Å². The van der Waals surface area contributed by atoms with Gasteiger partial charge in [-0.05, 0) is 17.7 Å². The molecule has 15 heavy (non-hydrogen) atoms. The molecule has 0 aliphatic rings. The Morgan fingerprint density at radius 2 is 2.13 bits per heavy atom. The molecule has 0 spiro atoms. The first-order chi connectivity index (χ1) is 6.91. The summed E-state index contributed by atoms with van der Waals surface area (Å²) in [5.41, 5.74) is -0.199. The van der Waals surface area contributed by atoms with Gasteiger partial charge in [-0.1, -0.05) is 11.6 Å². The molecule has 0 fully saturated rings. The maximum Gasteiger partial charge on any atom is 0.383 e. The molecule has 0 saturated carbocycles. The van der Waals surface area contributed by atoms with Gasteiger partial charge in [0.2, 0.25) is 5.82 Å². The summed E-state index contributed by atoms with van der Waals surface area (Å²) >= 11 is 10.4. The van der Waals surface area contributed by atoms with Crippen LogP contribution in [0.2, 0.25) is 5.02 Å². The quantitative estimate of drug-likeness (QED) is 0.628. The van der Waals surface area contributed by atoms with Gasteiger partial charge in [-0.25, -0.2) is 9.97 Å². The summed E-state index contributed by atoms with van der Waals surface area (Å²) in [6.07, 6.45) is 1.29. The Labute approximate surface area is 92.0 Å². The molecular formula is C7H3Cl2F2N3O. The van der Waals surface area contributed by atoms with Crippen molar-refractivity contribution in [2.24, 2.45) is 0 Å². The van der Waals surface area contributed by atoms with Gasteiger partial charge in [0.25, 0.3) is 0 Å². The molecular weight excluding hydrogens is 251 g/mol. The third-order valence-corrected chi connectivity index (χ3v) is 2.21. The van der Waals surface area contributed by atoms with E-state index in [1.54, 1.807) is 0 Å². The van der Waals surface area contributed by atoms with Crippen LogP contribution < -0.4 is 0 Å². The van der Waals surface area contributed by atoms with Crippen LogP contribution in [-0.4, -0.2) is 19.9 Å². The first kappa shape index (κ1) is 10.4. The van der Waals surface area contributed by atoms with E-state index in [1.165, 1.54) is 12.3 Å². The van der Waals surface area contributed by atoms with Gasteiger partial charge in [0.1, 0.15) is 5.52 Å². The van der Waals surface area contributed by atoms with Crippen molar-refractivity contribution < 1.29 is 14.0 Å². The van der Waals surface area contributed by atoms with Crippen LogP contribution in [0.1, 0.15) is 5.82 Å². The minimum absolute atomic E-state index is 0.0576. The second kappa shape index (κ2) is 3.18. The second-order valence-electron chi connectivity index (χ2n) is 2.71. The van der Waals surface area contributed by atoms with Crippen LogP contribution in [0.4, 0.5) is 8.78 Å². The predicted molar refractivity (Wildman–Crippen MR) is 49.5 cm³/mol. The summed E-state index contributed by atoms with van der Waals surface area (Å²) in [7, 11) is 0. The molecule has 0 atom stereocenters. The Kier molecular flexibility index (Phi) is 2.20. The molecule has 0 amide bonds. The highest BCUT2D eigenvalue weighted by atomic mass is 35.5. The largest absolute Gasteiger partial charge is 0.426 e. The maximum atomic E-state index is 12.7. The molecule has 0 saturated heterocycles. The molecule has 0 bridgehead atoms. The fraction of sp³-hybridized carbons (Fsp3) is 0.143. The Bertz CT molecular complexity index is 523. The van der Waals surface area contributed by atoms with E-state index in [-0.39, 0.29) is 20.9 Å². The van der Waals surface area contributed by atoms with Gasteiger partial charge < -0.3 is 5.21 Å². The number of rotatable bonds is 1. The van der Waals surface area contributed by atoms with Crippen LogP contribution in [-0.2, 0) is 5.38 Å². The van der Waals surface area contributed by atoms with Gasteiger partial charge in [-0.15, -0.1) is 0 Å². The summed E-state index contributed by atoms with van der Waals surface area (Å²) < 4.78 is 25.6. The topological polar surface area (TPSA) is 50.9 Å². The van der Waals surface area contributed by atoms with E-state index in [9.17, 15) is 14.0 Å². The van der Waals surface area contributed by atoms with Crippen molar-refractivity contribution >= 4 is 34.4 Å². The van der Waals surface area contributed by atoms with Crippen LogP contribution in [0.25, 0.3) is 11.2 Å². The van der Waals surface area contributed by atoms with Crippen LogP contribution in [0.3, 0.4) is 0 Å². The molecule has 1 N–H and O–H groups in total. The second-order valence-corrected chi connectivity index (χ2v) is 3.59. The molecule has 0 radical (unpaired) electrons. The fourth-order valence-electron chi connectivity index (χ4n) is 1.13. The molecule has 0 aromatic carbocycles. The van der Waals surface area contributed by atoms with E-state index >= 15 is 0 Å². The zero-order chi connectivity index (χ0) is 11.2. The number of hydrogen-bond donors (Lipinski definition) is 1. The van der Waals surface area contributed by atoms with E-state index in [2.05, 4.69) is 9.97 Å². The Morgan fingerprint density at radius 1 is 1.47 bits per heavy atom. The minimum Gasteiger partial charge on any atom is -0.426 e. The molecule has 4 nitrogen and oxygen atoms in total. The SMILES string of the molecule is On1c(C(F)(F)Cl)nc2nccc(Cl)c21. The normalized spacial score (nSPS) is 12.3. The number of nitrogens with zero attached hydrogens (tertiary/aromatic N) is 3. The Balaban J connectivity index is 2.82. The number of alkyl halides is 3. The summed E-state index contributed by atoms with van der Waals surface area (Å²) in [5.74, 6) is -1.01. The van der Waals surface area contributed by atoms with Gasteiger partial charge in [-0.3, -0.25) is 0 Å². The number of aromatic nitrogens is 3.